The molecule has 0 spiro atoms. The van der Waals surface area contributed by atoms with Crippen molar-refractivity contribution < 1.29 is 9.90 Å². The Morgan fingerprint density at radius 3 is 2.59 bits per heavy atom. The molecular formula is C17H23N3O2. The van der Waals surface area contributed by atoms with Gasteiger partial charge in [-0.2, -0.15) is 0 Å². The molecule has 0 unspecified atom stereocenters. The minimum Gasteiger partial charge on any atom is -0.391 e. The van der Waals surface area contributed by atoms with E-state index in [9.17, 15) is 9.90 Å². The second kappa shape index (κ2) is 7.22. The smallest absolute Gasteiger partial charge is 0.242 e. The van der Waals surface area contributed by atoms with Gasteiger partial charge in [0.2, 0.25) is 5.91 Å². The van der Waals surface area contributed by atoms with E-state index in [1.54, 1.807) is 12.4 Å². The van der Waals surface area contributed by atoms with E-state index >= 15 is 0 Å². The lowest BCUT2D eigenvalue weighted by Gasteiger charge is -2.19. The van der Waals surface area contributed by atoms with Crippen molar-refractivity contribution in [3.63, 3.8) is 0 Å². The number of carbonyl (C=O) groups excluding carboxylic acids is 1. The molecule has 0 aliphatic carbocycles. The lowest BCUT2D eigenvalue weighted by atomic mass is 10.1. The normalized spacial score (nSPS) is 13.9. The lowest BCUT2D eigenvalue weighted by molar-refractivity contribution is -0.124. The highest BCUT2D eigenvalue weighted by Crippen LogP contribution is 2.20. The van der Waals surface area contributed by atoms with Crippen molar-refractivity contribution in [3.05, 3.63) is 42.7 Å². The van der Waals surface area contributed by atoms with Crippen LogP contribution in [0.5, 0.6) is 0 Å². The molecule has 5 nitrogen and oxygen atoms in total. The second-order valence-electron chi connectivity index (χ2n) is 5.76. The molecule has 2 rings (SSSR count). The predicted molar refractivity (Wildman–Crippen MR) is 86.2 cm³/mol. The number of nitrogens with one attached hydrogen (secondary N) is 1. The van der Waals surface area contributed by atoms with Crippen LogP contribution in [-0.4, -0.2) is 33.2 Å². The number of hydrogen-bond acceptors (Lipinski definition) is 3. The van der Waals surface area contributed by atoms with Gasteiger partial charge in [0.1, 0.15) is 11.9 Å². The number of carbonyl (C=O) groups is 1. The molecule has 5 heteroatoms. The van der Waals surface area contributed by atoms with Gasteiger partial charge in [0.15, 0.2) is 0 Å². The van der Waals surface area contributed by atoms with Crippen LogP contribution < -0.4 is 5.32 Å². The molecular weight excluding hydrogens is 278 g/mol. The largest absolute Gasteiger partial charge is 0.391 e. The number of nitrogens with zero attached hydrogens (tertiary/aromatic N) is 2. The lowest BCUT2D eigenvalue weighted by Crippen LogP contribution is -2.38. The van der Waals surface area contributed by atoms with E-state index in [1.165, 1.54) is 0 Å². The van der Waals surface area contributed by atoms with Gasteiger partial charge in [0, 0.05) is 24.5 Å². The van der Waals surface area contributed by atoms with E-state index in [1.807, 2.05) is 55.7 Å². The van der Waals surface area contributed by atoms with Crippen LogP contribution in [0.25, 0.3) is 11.4 Å². The van der Waals surface area contributed by atoms with Crippen molar-refractivity contribution in [1.82, 2.24) is 14.9 Å². The number of aliphatic hydroxyl groups is 1. The minimum atomic E-state index is -0.535. The van der Waals surface area contributed by atoms with Crippen molar-refractivity contribution in [2.75, 3.05) is 6.54 Å². The Morgan fingerprint density at radius 1 is 1.27 bits per heavy atom. The Balaban J connectivity index is 2.09. The molecule has 0 saturated heterocycles. The average Bonchev–Trinajstić information content (AvgIpc) is 3.01. The number of rotatable bonds is 6. The zero-order chi connectivity index (χ0) is 16.1. The first-order valence-corrected chi connectivity index (χ1v) is 7.54. The zero-order valence-corrected chi connectivity index (χ0v) is 13.2. The molecule has 0 aliphatic heterocycles. The van der Waals surface area contributed by atoms with E-state index < -0.39 is 12.1 Å². The predicted octanol–water partition coefficient (Wildman–Crippen LogP) is 2.24. The van der Waals surface area contributed by atoms with Crippen LogP contribution in [0.4, 0.5) is 0 Å². The molecule has 2 atom stereocenters. The van der Waals surface area contributed by atoms with Crippen LogP contribution in [0.15, 0.2) is 42.7 Å². The quantitative estimate of drug-likeness (QED) is 0.860. The van der Waals surface area contributed by atoms with Gasteiger partial charge in [-0.05, 0) is 12.8 Å². The first-order chi connectivity index (χ1) is 10.5. The average molecular weight is 301 g/mol. The second-order valence-corrected chi connectivity index (χ2v) is 5.76. The molecule has 118 valence electrons. The Bertz CT molecular complexity index is 607. The van der Waals surface area contributed by atoms with Gasteiger partial charge < -0.3 is 15.0 Å². The van der Waals surface area contributed by atoms with Crippen molar-refractivity contribution in [2.45, 2.75) is 32.9 Å². The van der Waals surface area contributed by atoms with Gasteiger partial charge in [-0.15, -0.1) is 0 Å². The van der Waals surface area contributed by atoms with Crippen LogP contribution in [0, 0.1) is 5.92 Å². The van der Waals surface area contributed by atoms with Crippen LogP contribution in [0.1, 0.15) is 26.8 Å². The highest BCUT2D eigenvalue weighted by Gasteiger charge is 2.19. The number of hydrogen-bond donors (Lipinski definition) is 2. The Labute approximate surface area is 131 Å². The maximum atomic E-state index is 12.3. The van der Waals surface area contributed by atoms with Gasteiger partial charge in [0.05, 0.1) is 6.10 Å². The highest BCUT2D eigenvalue weighted by molar-refractivity contribution is 5.80. The SMILES string of the molecule is CC(C)[C@H](O)CNC(=O)[C@@H](C)n1ccnc1-c1ccccc1. The Kier molecular flexibility index (Phi) is 5.33. The molecule has 1 aromatic carbocycles. The van der Waals surface area contributed by atoms with Crippen molar-refractivity contribution in [2.24, 2.45) is 5.92 Å². The summed E-state index contributed by atoms with van der Waals surface area (Å²) in [6.07, 6.45) is 2.95. The summed E-state index contributed by atoms with van der Waals surface area (Å²) < 4.78 is 1.84. The van der Waals surface area contributed by atoms with E-state index in [-0.39, 0.29) is 18.4 Å². The van der Waals surface area contributed by atoms with Gasteiger partial charge in [-0.3, -0.25) is 4.79 Å². The van der Waals surface area contributed by atoms with Gasteiger partial charge >= 0.3 is 0 Å². The summed E-state index contributed by atoms with van der Waals surface area (Å²) in [7, 11) is 0. The first-order valence-electron chi connectivity index (χ1n) is 7.54. The van der Waals surface area contributed by atoms with Crippen LogP contribution in [0.2, 0.25) is 0 Å². The number of amides is 1. The summed E-state index contributed by atoms with van der Waals surface area (Å²) in [5.74, 6) is 0.742. The molecule has 22 heavy (non-hydrogen) atoms. The summed E-state index contributed by atoms with van der Waals surface area (Å²) >= 11 is 0. The third kappa shape index (κ3) is 3.74. The molecule has 0 aliphatic rings. The highest BCUT2D eigenvalue weighted by atomic mass is 16.3. The third-order valence-corrected chi connectivity index (χ3v) is 3.75. The van der Waals surface area contributed by atoms with Crippen molar-refractivity contribution in [1.29, 1.82) is 0 Å². The van der Waals surface area contributed by atoms with Gasteiger partial charge in [0.25, 0.3) is 0 Å². The summed E-state index contributed by atoms with van der Waals surface area (Å²) in [4.78, 5) is 16.6. The van der Waals surface area contributed by atoms with Crippen molar-refractivity contribution in [3.8, 4) is 11.4 Å². The molecule has 0 fully saturated rings. The van der Waals surface area contributed by atoms with E-state index in [0.717, 1.165) is 11.4 Å². The maximum Gasteiger partial charge on any atom is 0.242 e. The molecule has 0 saturated carbocycles. The number of imidazole rings is 1. The summed E-state index contributed by atoms with van der Waals surface area (Å²) in [6, 6.07) is 9.37. The molecule has 0 bridgehead atoms. The molecule has 2 N–H and O–H groups in total. The number of aromatic nitrogens is 2. The van der Waals surface area contributed by atoms with Crippen molar-refractivity contribution >= 4 is 5.91 Å². The first kappa shape index (κ1) is 16.2. The molecule has 1 heterocycles. The third-order valence-electron chi connectivity index (χ3n) is 3.75. The molecule has 1 aromatic heterocycles. The zero-order valence-electron chi connectivity index (χ0n) is 13.2. The topological polar surface area (TPSA) is 67.2 Å². The van der Waals surface area contributed by atoms with Crippen LogP contribution >= 0.6 is 0 Å². The summed E-state index contributed by atoms with van der Waals surface area (Å²) in [5.41, 5.74) is 0.967. The maximum absolute atomic E-state index is 12.3. The monoisotopic (exact) mass is 301 g/mol. The molecule has 1 amide bonds. The fourth-order valence-corrected chi connectivity index (χ4v) is 2.15. The van der Waals surface area contributed by atoms with Crippen LogP contribution in [-0.2, 0) is 4.79 Å². The number of aliphatic hydroxyl groups excluding tert-OH is 1. The summed E-state index contributed by atoms with van der Waals surface area (Å²) in [6.45, 7) is 5.93. The fourth-order valence-electron chi connectivity index (χ4n) is 2.15. The van der Waals surface area contributed by atoms with Gasteiger partial charge in [-0.1, -0.05) is 44.2 Å². The molecule has 2 aromatic rings. The fraction of sp³-hybridized carbons (Fsp3) is 0.412. The summed E-state index contributed by atoms with van der Waals surface area (Å²) in [5, 5.41) is 12.6. The molecule has 0 radical (unpaired) electrons. The standard InChI is InChI=1S/C17H23N3O2/c1-12(2)15(21)11-19-17(22)13(3)20-10-9-18-16(20)14-7-5-4-6-8-14/h4-10,12-13,15,21H,11H2,1-3H3,(H,19,22)/t13-,15-/m1/s1. The Hall–Kier alpha value is -2.14. The number of benzene rings is 1. The van der Waals surface area contributed by atoms with Crippen LogP contribution in [0.3, 0.4) is 0 Å². The minimum absolute atomic E-state index is 0.115. The Morgan fingerprint density at radius 2 is 1.95 bits per heavy atom. The van der Waals surface area contributed by atoms with Gasteiger partial charge in [-0.25, -0.2) is 4.98 Å². The van der Waals surface area contributed by atoms with E-state index in [2.05, 4.69) is 10.3 Å². The van der Waals surface area contributed by atoms with E-state index in [0.29, 0.717) is 0 Å². The van der Waals surface area contributed by atoms with E-state index in [4.69, 9.17) is 0 Å².